The van der Waals surface area contributed by atoms with Gasteiger partial charge in [0.2, 0.25) is 0 Å². The number of fused-ring (bicyclic) bond motifs is 1. The summed E-state index contributed by atoms with van der Waals surface area (Å²) in [6.07, 6.45) is -0.849. The molecule has 3 aliphatic heterocycles. The van der Waals surface area contributed by atoms with E-state index in [-0.39, 0.29) is 25.6 Å². The molecule has 7 heteroatoms. The maximum atomic E-state index is 13.2. The monoisotopic (exact) mass is 306 g/mol. The molecule has 3 unspecified atom stereocenters. The summed E-state index contributed by atoms with van der Waals surface area (Å²) in [4.78, 5) is 15.4. The van der Waals surface area contributed by atoms with Crippen molar-refractivity contribution in [1.29, 1.82) is 0 Å². The van der Waals surface area contributed by atoms with Crippen molar-refractivity contribution in [1.82, 2.24) is 9.80 Å². The molecule has 4 nitrogen and oxygen atoms in total. The van der Waals surface area contributed by atoms with Crippen molar-refractivity contribution < 1.29 is 23.1 Å². The zero-order valence-electron chi connectivity index (χ0n) is 11.9. The van der Waals surface area contributed by atoms with Crippen LogP contribution in [-0.4, -0.2) is 65.3 Å². The van der Waals surface area contributed by atoms with Gasteiger partial charge in [-0.1, -0.05) is 6.42 Å². The molecule has 21 heavy (non-hydrogen) atoms. The van der Waals surface area contributed by atoms with Crippen LogP contribution in [-0.2, 0) is 4.79 Å². The summed E-state index contributed by atoms with van der Waals surface area (Å²) in [7, 11) is 0. The summed E-state index contributed by atoms with van der Waals surface area (Å²) in [6.45, 7) is 1.80. The second-order valence-corrected chi connectivity index (χ2v) is 6.56. The fourth-order valence-corrected chi connectivity index (χ4v) is 4.30. The number of likely N-dealkylation sites (tertiary alicyclic amines) is 1. The van der Waals surface area contributed by atoms with Gasteiger partial charge in [-0.25, -0.2) is 0 Å². The zero-order chi connectivity index (χ0) is 15.3. The molecule has 3 saturated heterocycles. The molecule has 0 aliphatic carbocycles. The third-order valence-electron chi connectivity index (χ3n) is 5.54. The highest BCUT2D eigenvalue weighted by Crippen LogP contribution is 2.47. The Labute approximate surface area is 121 Å². The summed E-state index contributed by atoms with van der Waals surface area (Å²) in [6, 6.07) is 0.408. The van der Waals surface area contributed by atoms with Crippen molar-refractivity contribution in [3.63, 3.8) is 0 Å². The molecule has 1 N–H and O–H groups in total. The second-order valence-electron chi connectivity index (χ2n) is 6.56. The Hall–Kier alpha value is -0.820. The minimum atomic E-state index is -4.68. The highest BCUT2D eigenvalue weighted by Gasteiger charge is 2.64. The number of rotatable bonds is 2. The molecule has 0 aromatic carbocycles. The van der Waals surface area contributed by atoms with Crippen molar-refractivity contribution in [2.24, 2.45) is 5.41 Å². The Morgan fingerprint density at radius 2 is 1.76 bits per heavy atom. The molecule has 3 fully saturated rings. The van der Waals surface area contributed by atoms with Gasteiger partial charge in [-0.2, -0.15) is 13.2 Å². The van der Waals surface area contributed by atoms with Gasteiger partial charge in [-0.05, 0) is 32.2 Å². The van der Waals surface area contributed by atoms with Gasteiger partial charge in [-0.15, -0.1) is 0 Å². The SMILES string of the molecule is O=C(O)C1(C(F)(F)F)CCN(C2CCN3CCCCC23)C1. The summed E-state index contributed by atoms with van der Waals surface area (Å²) in [5.41, 5.74) is -2.57. The molecule has 3 atom stereocenters. The number of carboxylic acids is 1. The standard InChI is InChI=1S/C14H21F3N2O2/c15-14(16,17)13(12(20)21)5-8-19(9-13)11-4-7-18-6-2-1-3-10(11)18/h10-11H,1-9H2,(H,20,21). The zero-order valence-corrected chi connectivity index (χ0v) is 11.9. The van der Waals surface area contributed by atoms with E-state index in [0.29, 0.717) is 6.04 Å². The van der Waals surface area contributed by atoms with E-state index in [1.54, 1.807) is 4.90 Å². The first-order valence-corrected chi connectivity index (χ1v) is 7.63. The molecule has 3 aliphatic rings. The van der Waals surface area contributed by atoms with Gasteiger partial charge in [0.15, 0.2) is 5.41 Å². The smallest absolute Gasteiger partial charge is 0.406 e. The fourth-order valence-electron chi connectivity index (χ4n) is 4.30. The number of halogens is 3. The lowest BCUT2D eigenvalue weighted by molar-refractivity contribution is -0.228. The normalized spacial score (nSPS) is 38.6. The Morgan fingerprint density at radius 1 is 1.05 bits per heavy atom. The van der Waals surface area contributed by atoms with Gasteiger partial charge in [-0.3, -0.25) is 14.6 Å². The molecule has 0 radical (unpaired) electrons. The van der Waals surface area contributed by atoms with Crippen molar-refractivity contribution >= 4 is 5.97 Å². The molecule has 0 bridgehead atoms. The van der Waals surface area contributed by atoms with E-state index in [2.05, 4.69) is 4.90 Å². The molecule has 0 spiro atoms. The Bertz CT molecular complexity index is 429. The van der Waals surface area contributed by atoms with Crippen molar-refractivity contribution in [2.45, 2.75) is 50.4 Å². The minimum absolute atomic E-state index is 0.0916. The number of alkyl halides is 3. The van der Waals surface area contributed by atoms with Gasteiger partial charge < -0.3 is 5.11 Å². The van der Waals surface area contributed by atoms with Gasteiger partial charge in [0.1, 0.15) is 0 Å². The first-order valence-electron chi connectivity index (χ1n) is 7.63. The van der Waals surface area contributed by atoms with Crippen molar-refractivity contribution in [3.05, 3.63) is 0 Å². The molecule has 0 amide bonds. The van der Waals surface area contributed by atoms with Crippen LogP contribution < -0.4 is 0 Å². The fraction of sp³-hybridized carbons (Fsp3) is 0.929. The third-order valence-corrected chi connectivity index (χ3v) is 5.54. The van der Waals surface area contributed by atoms with Crippen LogP contribution in [0.1, 0.15) is 32.1 Å². The first kappa shape index (κ1) is 15.1. The lowest BCUT2D eigenvalue weighted by atomic mass is 9.86. The predicted molar refractivity (Wildman–Crippen MR) is 69.9 cm³/mol. The van der Waals surface area contributed by atoms with Crippen molar-refractivity contribution in [3.8, 4) is 0 Å². The van der Waals surface area contributed by atoms with Crippen molar-refractivity contribution in [2.75, 3.05) is 26.2 Å². The van der Waals surface area contributed by atoms with Crippen LogP contribution in [0.4, 0.5) is 13.2 Å². The number of aliphatic carboxylic acids is 1. The first-order chi connectivity index (χ1) is 9.85. The predicted octanol–water partition coefficient (Wildman–Crippen LogP) is 1.95. The van der Waals surface area contributed by atoms with Crippen LogP contribution in [0.5, 0.6) is 0 Å². The Balaban J connectivity index is 1.76. The highest BCUT2D eigenvalue weighted by atomic mass is 19.4. The van der Waals surface area contributed by atoms with E-state index in [4.69, 9.17) is 5.11 Å². The van der Waals surface area contributed by atoms with Crippen LogP contribution in [0, 0.1) is 5.41 Å². The van der Waals surface area contributed by atoms with E-state index in [9.17, 15) is 18.0 Å². The lowest BCUT2D eigenvalue weighted by Gasteiger charge is -2.37. The van der Waals surface area contributed by atoms with Gasteiger partial charge in [0.25, 0.3) is 0 Å². The van der Waals surface area contributed by atoms with Crippen LogP contribution >= 0.6 is 0 Å². The molecule has 0 aromatic rings. The topological polar surface area (TPSA) is 43.8 Å². The molecule has 0 saturated carbocycles. The Kier molecular flexibility index (Phi) is 3.68. The highest BCUT2D eigenvalue weighted by molar-refractivity contribution is 5.76. The number of nitrogens with zero attached hydrogens (tertiary/aromatic N) is 2. The largest absolute Gasteiger partial charge is 0.481 e. The lowest BCUT2D eigenvalue weighted by Crippen LogP contribution is -2.50. The molecule has 0 aromatic heterocycles. The molecule has 3 heterocycles. The number of carboxylic acid groups (broad SMARTS) is 1. The third kappa shape index (κ3) is 2.34. The number of hydrogen-bond donors (Lipinski definition) is 1. The molecule has 3 rings (SSSR count). The van der Waals surface area contributed by atoms with Crippen LogP contribution in [0.25, 0.3) is 0 Å². The van der Waals surface area contributed by atoms with Gasteiger partial charge >= 0.3 is 12.1 Å². The van der Waals surface area contributed by atoms with Gasteiger partial charge in [0, 0.05) is 31.7 Å². The van der Waals surface area contributed by atoms with E-state index in [1.807, 2.05) is 0 Å². The second kappa shape index (κ2) is 5.12. The summed E-state index contributed by atoms with van der Waals surface area (Å²) in [5, 5.41) is 9.14. The maximum absolute atomic E-state index is 13.2. The quantitative estimate of drug-likeness (QED) is 0.847. The summed E-state index contributed by atoms with van der Waals surface area (Å²) >= 11 is 0. The minimum Gasteiger partial charge on any atom is -0.481 e. The van der Waals surface area contributed by atoms with E-state index in [0.717, 1.165) is 38.8 Å². The molecular formula is C14H21F3N2O2. The van der Waals surface area contributed by atoms with E-state index < -0.39 is 17.6 Å². The number of carbonyl (C=O) groups is 1. The van der Waals surface area contributed by atoms with Crippen LogP contribution in [0.2, 0.25) is 0 Å². The summed E-state index contributed by atoms with van der Waals surface area (Å²) in [5.74, 6) is -1.73. The molecular weight excluding hydrogens is 285 g/mol. The van der Waals surface area contributed by atoms with Gasteiger partial charge in [0.05, 0.1) is 0 Å². The van der Waals surface area contributed by atoms with E-state index in [1.165, 1.54) is 0 Å². The van der Waals surface area contributed by atoms with Crippen LogP contribution in [0.3, 0.4) is 0 Å². The average molecular weight is 306 g/mol. The molecule has 120 valence electrons. The number of piperidine rings is 1. The Morgan fingerprint density at radius 3 is 2.38 bits per heavy atom. The summed E-state index contributed by atoms with van der Waals surface area (Å²) < 4.78 is 39.7. The average Bonchev–Trinajstić information content (AvgIpc) is 3.02. The maximum Gasteiger partial charge on any atom is 0.406 e. The van der Waals surface area contributed by atoms with Crippen LogP contribution in [0.15, 0.2) is 0 Å². The van der Waals surface area contributed by atoms with E-state index >= 15 is 0 Å². The number of hydrogen-bond acceptors (Lipinski definition) is 3.